The Balaban J connectivity index is 0.00000215. The molecule has 5 rings (SSSR count). The second-order valence-electron chi connectivity index (χ2n) is 10.6. The van der Waals surface area contributed by atoms with Crippen molar-refractivity contribution in [3.05, 3.63) is 54.4 Å². The van der Waals surface area contributed by atoms with Crippen LogP contribution in [0.15, 0.2) is 53.7 Å². The Bertz CT molecular complexity index is 1440. The fourth-order valence-electron chi connectivity index (χ4n) is 5.86. The lowest BCUT2D eigenvalue weighted by Crippen LogP contribution is -2.46. The molecule has 0 amide bonds. The molecule has 1 aliphatic heterocycles. The number of hydrogen-bond donors (Lipinski definition) is 0. The maximum absolute atomic E-state index is 13.6. The van der Waals surface area contributed by atoms with Gasteiger partial charge in [0.1, 0.15) is 0 Å². The van der Waals surface area contributed by atoms with Crippen molar-refractivity contribution in [3.63, 3.8) is 0 Å². The molecule has 1 saturated heterocycles. The zero-order valence-electron chi connectivity index (χ0n) is 25.1. The van der Waals surface area contributed by atoms with Gasteiger partial charge in [-0.2, -0.15) is 4.31 Å². The van der Waals surface area contributed by atoms with E-state index < -0.39 is 10.0 Å². The third-order valence-corrected chi connectivity index (χ3v) is 10.3. The number of benzene rings is 2. The number of methoxy groups -OCH3 is 3. The number of piperazine rings is 1. The van der Waals surface area contributed by atoms with Gasteiger partial charge < -0.3 is 19.1 Å². The average Bonchev–Trinajstić information content (AvgIpc) is 3.72. The Morgan fingerprint density at radius 2 is 1.58 bits per heavy atom. The molecular formula is C30H43Cl3N4O5S. The summed E-state index contributed by atoms with van der Waals surface area (Å²) in [7, 11) is 1.34. The van der Waals surface area contributed by atoms with Crippen molar-refractivity contribution in [2.75, 3.05) is 67.1 Å². The Kier molecular flexibility index (Phi) is 14.1. The van der Waals surface area contributed by atoms with Gasteiger partial charge in [-0.15, -0.1) is 37.2 Å². The fourth-order valence-corrected chi connectivity index (χ4v) is 7.58. The third kappa shape index (κ3) is 8.16. The summed E-state index contributed by atoms with van der Waals surface area (Å²) in [6.45, 7) is 8.72. The van der Waals surface area contributed by atoms with Crippen LogP contribution in [0.1, 0.15) is 18.9 Å². The van der Waals surface area contributed by atoms with Crippen molar-refractivity contribution in [2.24, 2.45) is 11.8 Å². The molecule has 13 heteroatoms. The molecule has 9 nitrogen and oxygen atoms in total. The topological polar surface area (TPSA) is 84.4 Å². The number of sulfonamides is 1. The summed E-state index contributed by atoms with van der Waals surface area (Å²) in [4.78, 5) is 9.47. The first-order chi connectivity index (χ1) is 19.4. The van der Waals surface area contributed by atoms with Gasteiger partial charge in [-0.1, -0.05) is 25.1 Å². The first-order valence-corrected chi connectivity index (χ1v) is 15.4. The maximum Gasteiger partial charge on any atom is 0.243 e. The molecule has 2 heterocycles. The van der Waals surface area contributed by atoms with Gasteiger partial charge in [-0.25, -0.2) is 8.42 Å². The first kappa shape index (κ1) is 37.1. The Labute approximate surface area is 274 Å². The van der Waals surface area contributed by atoms with Crippen LogP contribution in [-0.2, 0) is 16.6 Å². The molecule has 2 atom stereocenters. The molecule has 1 aliphatic carbocycles. The van der Waals surface area contributed by atoms with Crippen molar-refractivity contribution >= 4 is 58.0 Å². The third-order valence-electron chi connectivity index (χ3n) is 8.26. The highest BCUT2D eigenvalue weighted by Gasteiger charge is 2.41. The number of halogens is 3. The Morgan fingerprint density at radius 1 is 0.884 bits per heavy atom. The van der Waals surface area contributed by atoms with Crippen LogP contribution in [0.3, 0.4) is 0 Å². The van der Waals surface area contributed by atoms with Crippen molar-refractivity contribution in [3.8, 4) is 17.2 Å². The molecule has 0 radical (unpaired) electrons. The number of rotatable bonds is 12. The van der Waals surface area contributed by atoms with Gasteiger partial charge in [-0.3, -0.25) is 9.88 Å². The number of aromatic nitrogens is 1. The molecule has 0 spiro atoms. The summed E-state index contributed by atoms with van der Waals surface area (Å²) in [6.07, 6.45) is 4.44. The quantitative estimate of drug-likeness (QED) is 0.265. The monoisotopic (exact) mass is 676 g/mol. The number of fused-ring (bicyclic) bond motifs is 1. The molecule has 0 bridgehead atoms. The van der Waals surface area contributed by atoms with E-state index in [2.05, 4.69) is 14.8 Å². The molecule has 2 fully saturated rings. The van der Waals surface area contributed by atoms with E-state index in [1.807, 2.05) is 25.1 Å². The van der Waals surface area contributed by atoms with Gasteiger partial charge in [0.2, 0.25) is 15.8 Å². The molecule has 43 heavy (non-hydrogen) atoms. The van der Waals surface area contributed by atoms with Crippen LogP contribution < -0.4 is 14.2 Å². The van der Waals surface area contributed by atoms with E-state index in [1.165, 1.54) is 0 Å². The Morgan fingerprint density at radius 3 is 2.23 bits per heavy atom. The normalized spacial score (nSPS) is 18.7. The van der Waals surface area contributed by atoms with E-state index in [-0.39, 0.29) is 37.2 Å². The lowest BCUT2D eigenvalue weighted by molar-refractivity contribution is 0.120. The fraction of sp³-hybridized carbons (Fsp3) is 0.500. The minimum atomic E-state index is -3.58. The number of hydrogen-bond acceptors (Lipinski definition) is 8. The molecule has 2 aliphatic rings. The average molecular weight is 678 g/mol. The predicted octanol–water partition coefficient (Wildman–Crippen LogP) is 4.99. The Hall–Kier alpha value is -2.05. The highest BCUT2D eigenvalue weighted by Crippen LogP contribution is 2.42. The van der Waals surface area contributed by atoms with Crippen molar-refractivity contribution in [2.45, 2.75) is 24.8 Å². The van der Waals surface area contributed by atoms with E-state index in [0.29, 0.717) is 41.3 Å². The van der Waals surface area contributed by atoms with Crippen LogP contribution in [0.25, 0.3) is 10.8 Å². The zero-order valence-corrected chi connectivity index (χ0v) is 28.4. The van der Waals surface area contributed by atoms with E-state index in [9.17, 15) is 8.42 Å². The van der Waals surface area contributed by atoms with Gasteiger partial charge in [-0.05, 0) is 36.5 Å². The maximum atomic E-state index is 13.6. The summed E-state index contributed by atoms with van der Waals surface area (Å²) >= 11 is 0. The largest absolute Gasteiger partial charge is 0.493 e. The number of ether oxygens (including phenoxy) is 3. The van der Waals surface area contributed by atoms with Crippen molar-refractivity contribution in [1.29, 1.82) is 0 Å². The van der Waals surface area contributed by atoms with Crippen LogP contribution in [0.4, 0.5) is 0 Å². The molecular weight excluding hydrogens is 635 g/mol. The van der Waals surface area contributed by atoms with Crippen molar-refractivity contribution < 1.29 is 22.6 Å². The molecule has 2 unspecified atom stereocenters. The van der Waals surface area contributed by atoms with E-state index in [0.717, 1.165) is 67.8 Å². The minimum absolute atomic E-state index is 0. The molecule has 240 valence electrons. The summed E-state index contributed by atoms with van der Waals surface area (Å²) in [5.74, 6) is 2.96. The SMILES string of the molecule is CCN(CC1CC1CN1CCN(Cc2ccc(OC)c(OC)c2OC)CC1)S(=O)(=O)c1cccc2cnccc12.Cl.Cl.Cl. The van der Waals surface area contributed by atoms with Crippen LogP contribution in [0, 0.1) is 11.8 Å². The molecule has 2 aromatic carbocycles. The molecule has 3 aromatic rings. The summed E-state index contributed by atoms with van der Waals surface area (Å²) in [6, 6.07) is 11.2. The van der Waals surface area contributed by atoms with E-state index in [1.54, 1.807) is 56.2 Å². The second-order valence-corrected chi connectivity index (χ2v) is 12.5. The van der Waals surface area contributed by atoms with Crippen LogP contribution in [-0.4, -0.2) is 94.6 Å². The highest BCUT2D eigenvalue weighted by molar-refractivity contribution is 7.89. The van der Waals surface area contributed by atoms with Crippen LogP contribution >= 0.6 is 37.2 Å². The van der Waals surface area contributed by atoms with Crippen LogP contribution in [0.5, 0.6) is 17.2 Å². The van der Waals surface area contributed by atoms with Gasteiger partial charge in [0.25, 0.3) is 0 Å². The van der Waals surface area contributed by atoms with Crippen molar-refractivity contribution in [1.82, 2.24) is 19.1 Å². The first-order valence-electron chi connectivity index (χ1n) is 13.9. The summed E-state index contributed by atoms with van der Waals surface area (Å²) < 4.78 is 45.5. The predicted molar refractivity (Wildman–Crippen MR) is 177 cm³/mol. The minimum Gasteiger partial charge on any atom is -0.493 e. The summed E-state index contributed by atoms with van der Waals surface area (Å²) in [5, 5.41) is 1.57. The van der Waals surface area contributed by atoms with Gasteiger partial charge in [0, 0.05) is 81.1 Å². The second kappa shape index (κ2) is 16.3. The smallest absolute Gasteiger partial charge is 0.243 e. The van der Waals surface area contributed by atoms with E-state index >= 15 is 0 Å². The molecule has 1 aromatic heterocycles. The summed E-state index contributed by atoms with van der Waals surface area (Å²) in [5.41, 5.74) is 1.08. The lowest BCUT2D eigenvalue weighted by atomic mass is 10.1. The van der Waals surface area contributed by atoms with Gasteiger partial charge >= 0.3 is 0 Å². The standard InChI is InChI=1S/C30H40N4O5S.3ClH/c1-5-34(40(35,36)28-8-6-7-22-18-31-12-11-26(22)28)21-25-17-24(25)20-33-15-13-32(14-16-33)19-23-9-10-27(37-2)30(39-4)29(23)38-3;;;/h6-12,18,24-25H,5,13-17,19-21H2,1-4H3;3*1H. The van der Waals surface area contributed by atoms with Gasteiger partial charge in [0.15, 0.2) is 11.5 Å². The number of pyridine rings is 1. The zero-order chi connectivity index (χ0) is 28.3. The van der Waals surface area contributed by atoms with Crippen LogP contribution in [0.2, 0.25) is 0 Å². The number of nitrogens with zero attached hydrogens (tertiary/aromatic N) is 4. The lowest BCUT2D eigenvalue weighted by Gasteiger charge is -2.35. The van der Waals surface area contributed by atoms with Gasteiger partial charge in [0.05, 0.1) is 26.2 Å². The molecule has 0 N–H and O–H groups in total. The molecule has 1 saturated carbocycles. The van der Waals surface area contributed by atoms with E-state index in [4.69, 9.17) is 14.2 Å². The highest BCUT2D eigenvalue weighted by atomic mass is 35.5.